The number of benzene rings is 2. The van der Waals surface area contributed by atoms with Crippen LogP contribution in [0.4, 0.5) is 10.1 Å². The van der Waals surface area contributed by atoms with Crippen molar-refractivity contribution < 1.29 is 9.18 Å². The molecule has 5 heteroatoms. The summed E-state index contributed by atoms with van der Waals surface area (Å²) in [6.45, 7) is 1.42. The number of carbonyl (C=O) groups excluding carboxylic acids is 1. The van der Waals surface area contributed by atoms with E-state index in [2.05, 4.69) is 5.32 Å². The van der Waals surface area contributed by atoms with E-state index in [4.69, 9.17) is 0 Å². The number of anilines is 1. The fourth-order valence-electron chi connectivity index (χ4n) is 3.72. The van der Waals surface area contributed by atoms with Gasteiger partial charge in [0.05, 0.1) is 0 Å². The summed E-state index contributed by atoms with van der Waals surface area (Å²) in [7, 11) is 1.94. The number of likely N-dealkylation sites (tertiary alicyclic amines) is 1. The first kappa shape index (κ1) is 16.6. The van der Waals surface area contributed by atoms with Gasteiger partial charge in [-0.25, -0.2) is 4.39 Å². The molecule has 134 valence electrons. The van der Waals surface area contributed by atoms with Gasteiger partial charge in [-0.15, -0.1) is 0 Å². The van der Waals surface area contributed by atoms with Gasteiger partial charge in [0.1, 0.15) is 11.5 Å². The number of para-hydroxylation sites is 1. The van der Waals surface area contributed by atoms with Crippen LogP contribution in [0.1, 0.15) is 23.3 Å². The summed E-state index contributed by atoms with van der Waals surface area (Å²) in [5.41, 5.74) is 2.66. The average molecular weight is 351 g/mol. The molecule has 1 atom stereocenters. The molecule has 26 heavy (non-hydrogen) atoms. The molecule has 1 fully saturated rings. The predicted molar refractivity (Wildman–Crippen MR) is 102 cm³/mol. The first-order valence-electron chi connectivity index (χ1n) is 8.97. The number of aryl methyl sites for hydroxylation is 1. The van der Waals surface area contributed by atoms with E-state index in [1.165, 1.54) is 12.1 Å². The van der Waals surface area contributed by atoms with Gasteiger partial charge < -0.3 is 14.8 Å². The summed E-state index contributed by atoms with van der Waals surface area (Å²) in [5, 5.41) is 4.50. The highest BCUT2D eigenvalue weighted by Gasteiger charge is 2.26. The van der Waals surface area contributed by atoms with Crippen LogP contribution >= 0.6 is 0 Å². The number of nitrogens with one attached hydrogen (secondary N) is 1. The van der Waals surface area contributed by atoms with Crippen molar-refractivity contribution in [3.8, 4) is 0 Å². The molecule has 2 heterocycles. The molecular formula is C21H22FN3O. The number of piperidine rings is 1. The van der Waals surface area contributed by atoms with Gasteiger partial charge in [-0.05, 0) is 49.2 Å². The van der Waals surface area contributed by atoms with E-state index >= 15 is 0 Å². The Morgan fingerprint density at radius 1 is 1.15 bits per heavy atom. The van der Waals surface area contributed by atoms with Gasteiger partial charge >= 0.3 is 0 Å². The molecule has 1 saturated heterocycles. The van der Waals surface area contributed by atoms with Crippen LogP contribution in [0.3, 0.4) is 0 Å². The lowest BCUT2D eigenvalue weighted by molar-refractivity contribution is 0.0705. The third kappa shape index (κ3) is 3.17. The zero-order chi connectivity index (χ0) is 18.1. The Labute approximate surface area is 152 Å². The Hall–Kier alpha value is -2.82. The van der Waals surface area contributed by atoms with Crippen molar-refractivity contribution in [2.45, 2.75) is 18.9 Å². The van der Waals surface area contributed by atoms with E-state index in [1.54, 1.807) is 12.1 Å². The number of carbonyl (C=O) groups is 1. The SMILES string of the molecule is Cn1c(C(=O)N2CCC[C@@H](Nc3ccc(F)cc3)C2)cc2ccccc21. The van der Waals surface area contributed by atoms with Crippen LogP contribution < -0.4 is 5.32 Å². The van der Waals surface area contributed by atoms with Crippen LogP contribution in [0.2, 0.25) is 0 Å². The van der Waals surface area contributed by atoms with Crippen molar-refractivity contribution in [3.63, 3.8) is 0 Å². The largest absolute Gasteiger partial charge is 0.381 e. The van der Waals surface area contributed by atoms with Gasteiger partial charge in [-0.3, -0.25) is 4.79 Å². The summed E-state index contributed by atoms with van der Waals surface area (Å²) >= 11 is 0. The fourth-order valence-corrected chi connectivity index (χ4v) is 3.72. The van der Waals surface area contributed by atoms with E-state index < -0.39 is 0 Å². The van der Waals surface area contributed by atoms with E-state index in [0.717, 1.165) is 36.0 Å². The normalized spacial score (nSPS) is 17.5. The highest BCUT2D eigenvalue weighted by molar-refractivity contribution is 5.98. The Morgan fingerprint density at radius 2 is 1.92 bits per heavy atom. The first-order chi connectivity index (χ1) is 12.6. The van der Waals surface area contributed by atoms with E-state index in [-0.39, 0.29) is 17.8 Å². The van der Waals surface area contributed by atoms with Crippen molar-refractivity contribution in [2.75, 3.05) is 18.4 Å². The van der Waals surface area contributed by atoms with Crippen molar-refractivity contribution in [1.29, 1.82) is 0 Å². The van der Waals surface area contributed by atoms with E-state index in [1.807, 2.05) is 46.8 Å². The molecule has 0 spiro atoms. The Bertz CT molecular complexity index is 932. The lowest BCUT2D eigenvalue weighted by Crippen LogP contribution is -2.45. The maximum absolute atomic E-state index is 13.1. The number of rotatable bonds is 3. The van der Waals surface area contributed by atoms with Gasteiger partial charge in [-0.1, -0.05) is 18.2 Å². The monoisotopic (exact) mass is 351 g/mol. The molecule has 0 saturated carbocycles. The minimum Gasteiger partial charge on any atom is -0.381 e. The Morgan fingerprint density at radius 3 is 2.69 bits per heavy atom. The molecule has 0 aliphatic carbocycles. The van der Waals surface area contributed by atoms with Gasteiger partial charge in [0.15, 0.2) is 0 Å². The molecule has 3 aromatic rings. The number of halogens is 1. The molecule has 2 aromatic carbocycles. The number of nitrogens with zero attached hydrogens (tertiary/aromatic N) is 2. The van der Waals surface area contributed by atoms with Crippen LogP contribution in [0, 0.1) is 5.82 Å². The van der Waals surface area contributed by atoms with Crippen molar-refractivity contribution in [3.05, 3.63) is 66.1 Å². The lowest BCUT2D eigenvalue weighted by atomic mass is 10.0. The molecule has 1 aliphatic heterocycles. The highest BCUT2D eigenvalue weighted by atomic mass is 19.1. The van der Waals surface area contributed by atoms with Gasteiger partial charge in [0, 0.05) is 42.8 Å². The van der Waals surface area contributed by atoms with Gasteiger partial charge in [-0.2, -0.15) is 0 Å². The smallest absolute Gasteiger partial charge is 0.270 e. The fraction of sp³-hybridized carbons (Fsp3) is 0.286. The molecule has 4 nitrogen and oxygen atoms in total. The standard InChI is InChI=1S/C21H22FN3O/c1-24-19-7-3-2-5-15(19)13-20(24)21(26)25-12-4-6-18(14-25)23-17-10-8-16(22)9-11-17/h2-3,5,7-11,13,18,23H,4,6,12,14H2,1H3/t18-/m1/s1. The van der Waals surface area contributed by atoms with Crippen molar-refractivity contribution >= 4 is 22.5 Å². The second-order valence-electron chi connectivity index (χ2n) is 6.89. The van der Waals surface area contributed by atoms with E-state index in [9.17, 15) is 9.18 Å². The zero-order valence-corrected chi connectivity index (χ0v) is 14.8. The summed E-state index contributed by atoms with van der Waals surface area (Å²) in [6, 6.07) is 16.5. The van der Waals surface area contributed by atoms with Crippen molar-refractivity contribution in [2.24, 2.45) is 7.05 Å². The number of amides is 1. The molecule has 0 unspecified atom stereocenters. The molecule has 0 bridgehead atoms. The summed E-state index contributed by atoms with van der Waals surface area (Å²) < 4.78 is 15.0. The molecule has 4 rings (SSSR count). The topological polar surface area (TPSA) is 37.3 Å². The first-order valence-corrected chi connectivity index (χ1v) is 8.97. The second-order valence-corrected chi connectivity index (χ2v) is 6.89. The number of hydrogen-bond acceptors (Lipinski definition) is 2. The van der Waals surface area contributed by atoms with Crippen LogP contribution in [0.5, 0.6) is 0 Å². The number of aromatic nitrogens is 1. The van der Waals surface area contributed by atoms with Crippen molar-refractivity contribution in [1.82, 2.24) is 9.47 Å². The molecule has 1 N–H and O–H groups in total. The number of hydrogen-bond donors (Lipinski definition) is 1. The molecule has 0 radical (unpaired) electrons. The zero-order valence-electron chi connectivity index (χ0n) is 14.8. The van der Waals surface area contributed by atoms with Crippen LogP contribution in [0.15, 0.2) is 54.6 Å². The summed E-state index contributed by atoms with van der Waals surface area (Å²) in [4.78, 5) is 15.0. The Kier molecular flexibility index (Phi) is 4.37. The Balaban J connectivity index is 1.50. The average Bonchev–Trinajstić information content (AvgIpc) is 3.00. The van der Waals surface area contributed by atoms with Crippen LogP contribution in [-0.4, -0.2) is 34.5 Å². The maximum Gasteiger partial charge on any atom is 0.270 e. The van der Waals surface area contributed by atoms with E-state index in [0.29, 0.717) is 12.2 Å². The minimum absolute atomic E-state index is 0.0642. The highest BCUT2D eigenvalue weighted by Crippen LogP contribution is 2.22. The maximum atomic E-state index is 13.1. The van der Waals surface area contributed by atoms with Crippen LogP contribution in [0.25, 0.3) is 10.9 Å². The predicted octanol–water partition coefficient (Wildman–Crippen LogP) is 4.03. The quantitative estimate of drug-likeness (QED) is 0.773. The number of fused-ring (bicyclic) bond motifs is 1. The second kappa shape index (κ2) is 6.83. The van der Waals surface area contributed by atoms with Crippen LogP contribution in [-0.2, 0) is 7.05 Å². The molecule has 1 aromatic heterocycles. The molecular weight excluding hydrogens is 329 g/mol. The lowest BCUT2D eigenvalue weighted by Gasteiger charge is -2.33. The summed E-state index contributed by atoms with van der Waals surface area (Å²) in [5.74, 6) is -0.180. The third-order valence-corrected chi connectivity index (χ3v) is 5.09. The minimum atomic E-state index is -0.244. The van der Waals surface area contributed by atoms with Gasteiger partial charge in [0.25, 0.3) is 5.91 Å². The summed E-state index contributed by atoms with van der Waals surface area (Å²) in [6.07, 6.45) is 1.95. The van der Waals surface area contributed by atoms with Gasteiger partial charge in [0.2, 0.25) is 0 Å². The molecule has 1 amide bonds. The third-order valence-electron chi connectivity index (χ3n) is 5.09. The molecule has 1 aliphatic rings.